The molecule has 3 rings (SSSR count). The molecule has 13 heteroatoms. The van der Waals surface area contributed by atoms with E-state index < -0.39 is 28.6 Å². The predicted molar refractivity (Wildman–Crippen MR) is 104 cm³/mol. The number of pyridine rings is 1. The fourth-order valence-corrected chi connectivity index (χ4v) is 3.21. The molecule has 2 aromatic heterocycles. The molecule has 0 aliphatic rings. The summed E-state index contributed by atoms with van der Waals surface area (Å²) in [4.78, 5) is 35.4. The van der Waals surface area contributed by atoms with Gasteiger partial charge in [-0.3, -0.25) is 14.8 Å². The van der Waals surface area contributed by atoms with Crippen LogP contribution in [-0.2, 0) is 6.18 Å². The van der Waals surface area contributed by atoms with Crippen molar-refractivity contribution in [2.75, 3.05) is 5.32 Å². The van der Waals surface area contributed by atoms with Gasteiger partial charge in [-0.2, -0.15) is 13.2 Å². The van der Waals surface area contributed by atoms with Crippen molar-refractivity contribution in [2.45, 2.75) is 16.2 Å². The number of hydrogen-bond donors (Lipinski definition) is 3. The summed E-state index contributed by atoms with van der Waals surface area (Å²) in [7, 11) is 0. The van der Waals surface area contributed by atoms with E-state index in [1.807, 2.05) is 0 Å². The Labute approximate surface area is 181 Å². The van der Waals surface area contributed by atoms with E-state index >= 15 is 0 Å². The second-order valence-corrected chi connectivity index (χ2v) is 7.24. The summed E-state index contributed by atoms with van der Waals surface area (Å²) in [6, 6.07) is 7.41. The number of benzene rings is 1. The van der Waals surface area contributed by atoms with Crippen molar-refractivity contribution in [1.82, 2.24) is 20.4 Å². The lowest BCUT2D eigenvalue weighted by atomic mass is 10.1. The molecule has 31 heavy (non-hydrogen) atoms. The van der Waals surface area contributed by atoms with Crippen molar-refractivity contribution in [2.24, 2.45) is 0 Å². The third-order valence-corrected chi connectivity index (χ3v) is 4.89. The Morgan fingerprint density at radius 3 is 2.45 bits per heavy atom. The van der Waals surface area contributed by atoms with Gasteiger partial charge in [0.25, 0.3) is 5.91 Å². The highest BCUT2D eigenvalue weighted by Gasteiger charge is 2.33. The molecule has 8 nitrogen and oxygen atoms in total. The normalized spacial score (nSPS) is 11.1. The van der Waals surface area contributed by atoms with Gasteiger partial charge in [0.05, 0.1) is 22.5 Å². The molecule has 3 aromatic rings. The van der Waals surface area contributed by atoms with E-state index in [2.05, 4.69) is 20.3 Å². The largest absolute Gasteiger partial charge is 0.417 e. The number of amides is 2. The number of rotatable bonds is 5. The van der Waals surface area contributed by atoms with Gasteiger partial charge in [-0.05, 0) is 48.2 Å². The third-order valence-electron chi connectivity index (χ3n) is 3.67. The number of hydrogen-bond acceptors (Lipinski definition) is 7. The molecule has 2 amide bonds. The van der Waals surface area contributed by atoms with Crippen molar-refractivity contribution >= 4 is 40.9 Å². The highest BCUT2D eigenvalue weighted by Crippen LogP contribution is 2.35. The van der Waals surface area contributed by atoms with Crippen LogP contribution in [0.2, 0.25) is 5.02 Å². The number of aromatic nitrogens is 3. The van der Waals surface area contributed by atoms with Crippen molar-refractivity contribution < 1.29 is 28.0 Å². The molecule has 0 saturated heterocycles. The Morgan fingerprint density at radius 2 is 1.81 bits per heavy atom. The maximum Gasteiger partial charge on any atom is 0.417 e. The summed E-state index contributed by atoms with van der Waals surface area (Å²) in [5.74, 6) is -1.87. The SMILES string of the molecule is O=C(Nc1ccc(Sc2ccnc(C(=O)NO)n2)nc1)c1ccc(Cl)c(C(F)(F)F)c1. The van der Waals surface area contributed by atoms with Crippen LogP contribution < -0.4 is 10.8 Å². The van der Waals surface area contributed by atoms with E-state index in [0.29, 0.717) is 16.1 Å². The Hall–Kier alpha value is -3.22. The topological polar surface area (TPSA) is 117 Å². The van der Waals surface area contributed by atoms with Gasteiger partial charge in [0.1, 0.15) is 10.1 Å². The van der Waals surface area contributed by atoms with Gasteiger partial charge in [-0.1, -0.05) is 11.6 Å². The molecule has 0 fully saturated rings. The van der Waals surface area contributed by atoms with Crippen molar-refractivity contribution in [1.29, 1.82) is 0 Å². The summed E-state index contributed by atoms with van der Waals surface area (Å²) in [5, 5.41) is 11.4. The fourth-order valence-electron chi connectivity index (χ4n) is 2.27. The average molecular weight is 470 g/mol. The van der Waals surface area contributed by atoms with E-state index in [4.69, 9.17) is 16.8 Å². The lowest BCUT2D eigenvalue weighted by Crippen LogP contribution is -2.21. The third kappa shape index (κ3) is 5.69. The molecule has 0 unspecified atom stereocenters. The van der Waals surface area contributed by atoms with E-state index in [-0.39, 0.29) is 17.1 Å². The molecule has 0 aliphatic heterocycles. The molecule has 2 heterocycles. The first-order valence-electron chi connectivity index (χ1n) is 8.27. The molecule has 0 bridgehead atoms. The number of halogens is 4. The van der Waals surface area contributed by atoms with Gasteiger partial charge in [0.15, 0.2) is 0 Å². The number of nitrogens with zero attached hydrogens (tertiary/aromatic N) is 3. The molecular formula is C18H11ClF3N5O3S. The first-order chi connectivity index (χ1) is 14.7. The highest BCUT2D eigenvalue weighted by atomic mass is 35.5. The van der Waals surface area contributed by atoms with E-state index in [0.717, 1.165) is 17.8 Å². The van der Waals surface area contributed by atoms with Crippen molar-refractivity contribution in [3.8, 4) is 0 Å². The Morgan fingerprint density at radius 1 is 1.03 bits per heavy atom. The van der Waals surface area contributed by atoms with Crippen LogP contribution >= 0.6 is 23.4 Å². The molecular weight excluding hydrogens is 459 g/mol. The first kappa shape index (κ1) is 22.5. The zero-order valence-corrected chi connectivity index (χ0v) is 16.7. The van der Waals surface area contributed by atoms with Crippen molar-refractivity contribution in [3.63, 3.8) is 0 Å². The lowest BCUT2D eigenvalue weighted by Gasteiger charge is -2.11. The fraction of sp³-hybridized carbons (Fsp3) is 0.0556. The van der Waals surface area contributed by atoms with Gasteiger partial charge in [0, 0.05) is 11.8 Å². The van der Waals surface area contributed by atoms with E-state index in [1.165, 1.54) is 42.1 Å². The van der Waals surface area contributed by atoms with Gasteiger partial charge in [-0.25, -0.2) is 20.4 Å². The first-order valence-corrected chi connectivity index (χ1v) is 9.46. The number of anilines is 1. The van der Waals surface area contributed by atoms with E-state index in [1.54, 1.807) is 0 Å². The Bertz CT molecular complexity index is 1130. The van der Waals surface area contributed by atoms with Gasteiger partial charge >= 0.3 is 12.1 Å². The van der Waals surface area contributed by atoms with Gasteiger partial charge in [0.2, 0.25) is 5.82 Å². The Balaban J connectivity index is 1.70. The molecule has 0 aliphatic carbocycles. The van der Waals surface area contributed by atoms with Crippen LogP contribution in [0.5, 0.6) is 0 Å². The summed E-state index contributed by atoms with van der Waals surface area (Å²) in [6.45, 7) is 0. The number of carbonyl (C=O) groups excluding carboxylic acids is 2. The monoisotopic (exact) mass is 469 g/mol. The summed E-state index contributed by atoms with van der Waals surface area (Å²) in [5.41, 5.74) is 0.356. The van der Waals surface area contributed by atoms with Gasteiger partial charge in [-0.15, -0.1) is 0 Å². The highest BCUT2D eigenvalue weighted by molar-refractivity contribution is 7.99. The van der Waals surface area contributed by atoms with Crippen LogP contribution in [0.15, 0.2) is 58.8 Å². The predicted octanol–water partition coefficient (Wildman–Crippen LogP) is 4.07. The Kier molecular flexibility index (Phi) is 6.73. The minimum absolute atomic E-state index is 0.217. The second-order valence-electron chi connectivity index (χ2n) is 5.79. The maximum absolute atomic E-state index is 13.0. The van der Waals surface area contributed by atoms with Crippen LogP contribution in [0.4, 0.5) is 18.9 Å². The van der Waals surface area contributed by atoms with Crippen LogP contribution in [0.3, 0.4) is 0 Å². The summed E-state index contributed by atoms with van der Waals surface area (Å²) < 4.78 is 38.9. The smallest absolute Gasteiger partial charge is 0.321 e. The lowest BCUT2D eigenvalue weighted by molar-refractivity contribution is -0.137. The molecule has 160 valence electrons. The summed E-state index contributed by atoms with van der Waals surface area (Å²) >= 11 is 6.64. The number of hydroxylamine groups is 1. The standard InChI is InChI=1S/C18H11ClF3N5O3S/c19-12-3-1-9(7-11(12)18(20,21)22)16(28)25-10-2-4-13(24-8-10)31-14-5-6-23-15(26-14)17(29)27-30/h1-8,30H,(H,25,28)(H,27,29). The van der Waals surface area contributed by atoms with Crippen LogP contribution in [0.1, 0.15) is 26.5 Å². The number of nitrogens with one attached hydrogen (secondary N) is 2. The van der Waals surface area contributed by atoms with Gasteiger partial charge < -0.3 is 5.32 Å². The van der Waals surface area contributed by atoms with Crippen molar-refractivity contribution in [3.05, 3.63) is 70.8 Å². The molecule has 1 aromatic carbocycles. The molecule has 0 spiro atoms. The average Bonchev–Trinajstić information content (AvgIpc) is 2.74. The minimum atomic E-state index is -4.69. The minimum Gasteiger partial charge on any atom is -0.321 e. The summed E-state index contributed by atoms with van der Waals surface area (Å²) in [6.07, 6.45) is -2.05. The quantitative estimate of drug-likeness (QED) is 0.293. The van der Waals surface area contributed by atoms with Crippen LogP contribution in [-0.4, -0.2) is 32.0 Å². The van der Waals surface area contributed by atoms with Crippen LogP contribution in [0, 0.1) is 0 Å². The number of alkyl halides is 3. The molecule has 0 atom stereocenters. The second kappa shape index (κ2) is 9.29. The zero-order chi connectivity index (χ0) is 22.6. The van der Waals surface area contributed by atoms with E-state index in [9.17, 15) is 22.8 Å². The molecule has 0 saturated carbocycles. The molecule has 3 N–H and O–H groups in total. The molecule has 0 radical (unpaired) electrons. The number of carbonyl (C=O) groups is 2. The maximum atomic E-state index is 13.0. The van der Waals surface area contributed by atoms with Crippen LogP contribution in [0.25, 0.3) is 0 Å². The zero-order valence-electron chi connectivity index (χ0n) is 15.1.